The number of benzene rings is 12. The molecule has 3 nitrogen and oxygen atoms in total. The Morgan fingerprint density at radius 3 is 1.27 bits per heavy atom. The van der Waals surface area contributed by atoms with E-state index in [2.05, 4.69) is 276 Å². The maximum Gasteiger partial charge on any atom is 0.135 e. The molecule has 0 aliphatic heterocycles. The van der Waals surface area contributed by atoms with Gasteiger partial charge in [0.15, 0.2) is 0 Å². The number of hydrogen-bond donors (Lipinski definition) is 0. The molecule has 0 aliphatic rings. The fourth-order valence-corrected chi connectivity index (χ4v) is 10.9. The minimum atomic E-state index is 0.900. The summed E-state index contributed by atoms with van der Waals surface area (Å²) in [6.07, 6.45) is 0. The molecule has 0 fully saturated rings. The molecule has 0 aliphatic carbocycles. The molecule has 2 heterocycles. The Kier molecular flexibility index (Phi) is 10.2. The molecule has 0 bridgehead atoms. The SMILES string of the molecule is c1cc(-c2ccc(-c3ccc(N(c4ccc(-c5cccc(-n6c7ccccc7c7ccccc76)c5)cc4)c4ccc(-c5ccc6oc7ccccc7c6c5)cc4)cc3)cc2)cc(-c2ccc3ccccc3c2)c1. The van der Waals surface area contributed by atoms with Gasteiger partial charge in [-0.05, 0) is 157 Å². The molecule has 0 amide bonds. The highest BCUT2D eigenvalue weighted by Crippen LogP contribution is 2.40. The van der Waals surface area contributed by atoms with Crippen LogP contribution in [0.2, 0.25) is 0 Å². The third kappa shape index (κ3) is 7.63. The van der Waals surface area contributed by atoms with Crippen molar-refractivity contribution >= 4 is 71.6 Å². The molecule has 14 aromatic rings. The van der Waals surface area contributed by atoms with E-state index >= 15 is 0 Å². The van der Waals surface area contributed by atoms with Crippen LogP contribution in [0.25, 0.3) is 116 Å². The lowest BCUT2D eigenvalue weighted by Gasteiger charge is -2.26. The molecule has 2 aromatic heterocycles. The van der Waals surface area contributed by atoms with Crippen molar-refractivity contribution in [3.05, 3.63) is 279 Å². The molecule has 3 heteroatoms. The van der Waals surface area contributed by atoms with E-state index in [1.807, 2.05) is 12.1 Å². The molecule has 12 aromatic carbocycles. The summed E-state index contributed by atoms with van der Waals surface area (Å²) >= 11 is 0. The Bertz CT molecular complexity index is 4300. The highest BCUT2D eigenvalue weighted by Gasteiger charge is 2.17. The van der Waals surface area contributed by atoms with Crippen molar-refractivity contribution in [3.8, 4) is 61.3 Å². The van der Waals surface area contributed by atoms with E-state index in [0.29, 0.717) is 0 Å². The average molecular weight is 931 g/mol. The summed E-state index contributed by atoms with van der Waals surface area (Å²) in [4.78, 5) is 2.35. The van der Waals surface area contributed by atoms with E-state index in [1.54, 1.807) is 0 Å². The van der Waals surface area contributed by atoms with E-state index in [9.17, 15) is 0 Å². The number of hydrogen-bond acceptors (Lipinski definition) is 2. The van der Waals surface area contributed by atoms with E-state index < -0.39 is 0 Å². The Morgan fingerprint density at radius 2 is 0.658 bits per heavy atom. The number of fused-ring (bicyclic) bond motifs is 7. The Balaban J connectivity index is 0.787. The molecular formula is C70H46N2O. The van der Waals surface area contributed by atoms with Gasteiger partial charge in [0.05, 0.1) is 11.0 Å². The third-order valence-electron chi connectivity index (χ3n) is 14.6. The molecule has 0 unspecified atom stereocenters. The number of para-hydroxylation sites is 3. The van der Waals surface area contributed by atoms with Crippen LogP contribution in [0, 0.1) is 0 Å². The third-order valence-corrected chi connectivity index (χ3v) is 14.6. The molecule has 0 saturated heterocycles. The van der Waals surface area contributed by atoms with Crippen molar-refractivity contribution in [2.75, 3.05) is 4.90 Å². The van der Waals surface area contributed by atoms with Crippen LogP contribution in [0.4, 0.5) is 17.1 Å². The van der Waals surface area contributed by atoms with Crippen molar-refractivity contribution in [3.63, 3.8) is 0 Å². The van der Waals surface area contributed by atoms with Gasteiger partial charge in [-0.3, -0.25) is 0 Å². The summed E-state index contributed by atoms with van der Waals surface area (Å²) in [5, 5.41) is 7.28. The first-order valence-electron chi connectivity index (χ1n) is 25.0. The topological polar surface area (TPSA) is 21.3 Å². The minimum Gasteiger partial charge on any atom is -0.456 e. The van der Waals surface area contributed by atoms with Gasteiger partial charge in [-0.1, -0.05) is 188 Å². The van der Waals surface area contributed by atoms with Crippen molar-refractivity contribution in [1.29, 1.82) is 0 Å². The predicted molar refractivity (Wildman–Crippen MR) is 307 cm³/mol. The number of nitrogens with zero attached hydrogens (tertiary/aromatic N) is 2. The number of furan rings is 1. The summed E-state index contributed by atoms with van der Waals surface area (Å²) < 4.78 is 8.54. The quantitative estimate of drug-likeness (QED) is 0.144. The first-order valence-corrected chi connectivity index (χ1v) is 25.0. The zero-order valence-corrected chi connectivity index (χ0v) is 39.9. The highest BCUT2D eigenvalue weighted by molar-refractivity contribution is 6.09. The zero-order chi connectivity index (χ0) is 48.2. The second-order valence-electron chi connectivity index (χ2n) is 18.9. The number of rotatable bonds is 9. The van der Waals surface area contributed by atoms with E-state index in [-0.39, 0.29) is 0 Å². The maximum absolute atomic E-state index is 6.16. The summed E-state index contributed by atoms with van der Waals surface area (Å²) in [5.41, 5.74) is 20.4. The van der Waals surface area contributed by atoms with Crippen LogP contribution in [0.3, 0.4) is 0 Å². The Morgan fingerprint density at radius 1 is 0.247 bits per heavy atom. The molecule has 342 valence electrons. The zero-order valence-electron chi connectivity index (χ0n) is 39.9. The van der Waals surface area contributed by atoms with Gasteiger partial charge in [0.2, 0.25) is 0 Å². The van der Waals surface area contributed by atoms with Crippen LogP contribution in [0.15, 0.2) is 283 Å². The average Bonchev–Trinajstić information content (AvgIpc) is 4.01. The molecule has 0 N–H and O–H groups in total. The number of aromatic nitrogens is 1. The van der Waals surface area contributed by atoms with Gasteiger partial charge in [0.25, 0.3) is 0 Å². The normalized spacial score (nSPS) is 11.6. The van der Waals surface area contributed by atoms with Crippen LogP contribution in [-0.4, -0.2) is 4.57 Å². The standard InChI is InChI=1S/C70H46N2O/c1-2-12-53-44-57(28-27-47(53)11-1)55-14-9-13-54(43-55)50-25-23-48(24-26-50)49-29-36-59(37-30-49)71(61-40-33-52(34-41-61)58-35-42-70-66(46-58)65-19-5-8-22-69(65)73-70)60-38-31-51(32-39-60)56-15-10-16-62(45-56)72-67-20-6-3-17-63(67)64-18-4-7-21-68(64)72/h1-46H. The summed E-state index contributed by atoms with van der Waals surface area (Å²) in [5.74, 6) is 0. The van der Waals surface area contributed by atoms with Crippen LogP contribution >= 0.6 is 0 Å². The van der Waals surface area contributed by atoms with E-state index in [1.165, 1.54) is 60.4 Å². The van der Waals surface area contributed by atoms with Crippen molar-refractivity contribution in [2.45, 2.75) is 0 Å². The number of anilines is 3. The van der Waals surface area contributed by atoms with Crippen LogP contribution in [-0.2, 0) is 0 Å². The molecule has 73 heavy (non-hydrogen) atoms. The second-order valence-corrected chi connectivity index (χ2v) is 18.9. The summed E-state index contributed by atoms with van der Waals surface area (Å²) in [6, 6.07) is 101. The van der Waals surface area contributed by atoms with E-state index in [0.717, 1.165) is 72.5 Å². The lowest BCUT2D eigenvalue weighted by atomic mass is 9.96. The molecule has 0 radical (unpaired) electrons. The van der Waals surface area contributed by atoms with Gasteiger partial charge in [0.1, 0.15) is 11.2 Å². The predicted octanol–water partition coefficient (Wildman–Crippen LogP) is 19.6. The van der Waals surface area contributed by atoms with Gasteiger partial charge in [-0.15, -0.1) is 0 Å². The van der Waals surface area contributed by atoms with Crippen molar-refractivity contribution < 1.29 is 4.42 Å². The Labute approximate surface area is 423 Å². The fourth-order valence-electron chi connectivity index (χ4n) is 10.9. The monoisotopic (exact) mass is 930 g/mol. The molecular weight excluding hydrogens is 885 g/mol. The molecule has 0 atom stereocenters. The largest absolute Gasteiger partial charge is 0.456 e. The minimum absolute atomic E-state index is 0.900. The smallest absolute Gasteiger partial charge is 0.135 e. The van der Waals surface area contributed by atoms with Crippen molar-refractivity contribution in [2.24, 2.45) is 0 Å². The second kappa shape index (κ2) is 17.6. The van der Waals surface area contributed by atoms with Gasteiger partial charge >= 0.3 is 0 Å². The highest BCUT2D eigenvalue weighted by atomic mass is 16.3. The van der Waals surface area contributed by atoms with Gasteiger partial charge in [-0.25, -0.2) is 0 Å². The first kappa shape index (κ1) is 42.2. The van der Waals surface area contributed by atoms with Crippen LogP contribution in [0.5, 0.6) is 0 Å². The van der Waals surface area contributed by atoms with Crippen LogP contribution < -0.4 is 4.90 Å². The lowest BCUT2D eigenvalue weighted by molar-refractivity contribution is 0.669. The van der Waals surface area contributed by atoms with Crippen molar-refractivity contribution in [1.82, 2.24) is 4.57 Å². The van der Waals surface area contributed by atoms with Gasteiger partial charge in [0, 0.05) is 44.3 Å². The summed E-state index contributed by atoms with van der Waals surface area (Å²) in [7, 11) is 0. The molecule has 0 spiro atoms. The summed E-state index contributed by atoms with van der Waals surface area (Å²) in [6.45, 7) is 0. The molecule has 0 saturated carbocycles. The van der Waals surface area contributed by atoms with Gasteiger partial charge in [-0.2, -0.15) is 0 Å². The lowest BCUT2D eigenvalue weighted by Crippen LogP contribution is -2.09. The van der Waals surface area contributed by atoms with E-state index in [4.69, 9.17) is 4.42 Å². The Hall–Kier alpha value is -9.70. The fraction of sp³-hybridized carbons (Fsp3) is 0. The van der Waals surface area contributed by atoms with Crippen LogP contribution in [0.1, 0.15) is 0 Å². The maximum atomic E-state index is 6.16. The van der Waals surface area contributed by atoms with Gasteiger partial charge < -0.3 is 13.9 Å². The molecule has 14 rings (SSSR count). The first-order chi connectivity index (χ1) is 36.1.